The Hall–Kier alpha value is -1.98. The number of pyridine rings is 1. The van der Waals surface area contributed by atoms with Crippen molar-refractivity contribution in [2.24, 2.45) is 11.8 Å². The lowest BCUT2D eigenvalue weighted by molar-refractivity contribution is 0.250. The summed E-state index contributed by atoms with van der Waals surface area (Å²) in [5.74, 6) is 0.998. The van der Waals surface area contributed by atoms with E-state index in [0.717, 1.165) is 30.0 Å². The van der Waals surface area contributed by atoms with Crippen LogP contribution in [0.15, 0.2) is 65.9 Å². The van der Waals surface area contributed by atoms with Crippen molar-refractivity contribution in [2.75, 3.05) is 13.1 Å². The summed E-state index contributed by atoms with van der Waals surface area (Å²) in [5, 5.41) is 1.61. The molecular formula is C20H22N2O2S. The second-order valence-electron chi connectivity index (χ2n) is 6.76. The van der Waals surface area contributed by atoms with Gasteiger partial charge < -0.3 is 0 Å². The fourth-order valence-electron chi connectivity index (χ4n) is 3.89. The molecule has 0 amide bonds. The Labute approximate surface area is 148 Å². The lowest BCUT2D eigenvalue weighted by atomic mass is 9.83. The fraction of sp³-hybridized carbons (Fsp3) is 0.350. The molecule has 0 saturated carbocycles. The Morgan fingerprint density at radius 2 is 1.80 bits per heavy atom. The second kappa shape index (κ2) is 6.73. The van der Waals surface area contributed by atoms with E-state index in [2.05, 4.69) is 29.3 Å². The number of fused-ring (bicyclic) bond motifs is 1. The average Bonchev–Trinajstić information content (AvgIpc) is 2.68. The van der Waals surface area contributed by atoms with Crippen LogP contribution in [0.25, 0.3) is 10.8 Å². The maximum atomic E-state index is 13.2. The smallest absolute Gasteiger partial charge is 0.243 e. The van der Waals surface area contributed by atoms with Gasteiger partial charge in [-0.2, -0.15) is 4.31 Å². The molecule has 0 unspecified atom stereocenters. The monoisotopic (exact) mass is 354 g/mol. The Morgan fingerprint density at radius 1 is 1.04 bits per heavy atom. The Kier molecular flexibility index (Phi) is 4.44. The zero-order valence-corrected chi connectivity index (χ0v) is 14.9. The van der Waals surface area contributed by atoms with Crippen molar-refractivity contribution in [3.63, 3.8) is 0 Å². The lowest BCUT2D eigenvalue weighted by Crippen LogP contribution is -2.39. The maximum absolute atomic E-state index is 13.2. The number of nitrogens with zero attached hydrogens (tertiary/aromatic N) is 2. The first-order valence-corrected chi connectivity index (χ1v) is 10.3. The first-order chi connectivity index (χ1) is 12.2. The van der Waals surface area contributed by atoms with Crippen molar-refractivity contribution in [3.8, 4) is 0 Å². The molecule has 2 heterocycles. The van der Waals surface area contributed by atoms with Crippen LogP contribution in [0.2, 0.25) is 0 Å². The highest BCUT2D eigenvalue weighted by molar-refractivity contribution is 7.89. The SMILES string of the molecule is O=S(=O)(c1cccc2cnccc12)N1CCC(C2C=CCC=C2)CC1. The zero-order valence-electron chi connectivity index (χ0n) is 14.1. The maximum Gasteiger partial charge on any atom is 0.243 e. The Balaban J connectivity index is 1.56. The molecule has 1 fully saturated rings. The summed E-state index contributed by atoms with van der Waals surface area (Å²) >= 11 is 0. The van der Waals surface area contributed by atoms with Crippen LogP contribution in [0, 0.1) is 11.8 Å². The number of rotatable bonds is 3. The highest BCUT2D eigenvalue weighted by atomic mass is 32.2. The van der Waals surface area contributed by atoms with E-state index < -0.39 is 10.0 Å². The van der Waals surface area contributed by atoms with Crippen LogP contribution in [0.3, 0.4) is 0 Å². The van der Waals surface area contributed by atoms with Crippen molar-refractivity contribution < 1.29 is 8.42 Å². The summed E-state index contributed by atoms with van der Waals surface area (Å²) in [6.45, 7) is 1.18. The average molecular weight is 354 g/mol. The molecule has 1 aromatic heterocycles. The van der Waals surface area contributed by atoms with Crippen LogP contribution in [-0.2, 0) is 10.0 Å². The largest absolute Gasteiger partial charge is 0.264 e. The minimum absolute atomic E-state index is 0.392. The van der Waals surface area contributed by atoms with Gasteiger partial charge in [0.05, 0.1) is 4.90 Å². The first kappa shape index (κ1) is 16.5. The molecule has 0 bridgehead atoms. The molecule has 2 aromatic rings. The van der Waals surface area contributed by atoms with Crippen LogP contribution in [0.4, 0.5) is 0 Å². The van der Waals surface area contributed by atoms with E-state index in [1.807, 2.05) is 6.07 Å². The van der Waals surface area contributed by atoms with Crippen LogP contribution in [-0.4, -0.2) is 30.8 Å². The van der Waals surface area contributed by atoms with E-state index in [0.29, 0.717) is 29.8 Å². The van der Waals surface area contributed by atoms with E-state index >= 15 is 0 Å². The normalized spacial score (nSPS) is 20.3. The third-order valence-corrected chi connectivity index (χ3v) is 7.25. The second-order valence-corrected chi connectivity index (χ2v) is 8.67. The van der Waals surface area contributed by atoms with Gasteiger partial charge in [-0.05, 0) is 43.2 Å². The molecule has 1 aliphatic carbocycles. The van der Waals surface area contributed by atoms with E-state index in [4.69, 9.17) is 0 Å². The molecule has 25 heavy (non-hydrogen) atoms. The highest BCUT2D eigenvalue weighted by Gasteiger charge is 2.32. The molecule has 2 aliphatic rings. The number of allylic oxidation sites excluding steroid dienone is 4. The van der Waals surface area contributed by atoms with Gasteiger partial charge in [0, 0.05) is 36.3 Å². The summed E-state index contributed by atoms with van der Waals surface area (Å²) in [5.41, 5.74) is 0. The molecule has 130 valence electrons. The van der Waals surface area contributed by atoms with E-state index in [1.54, 1.807) is 34.9 Å². The number of aromatic nitrogens is 1. The molecular weight excluding hydrogens is 332 g/mol. The van der Waals surface area contributed by atoms with Crippen molar-refractivity contribution in [1.82, 2.24) is 9.29 Å². The van der Waals surface area contributed by atoms with Gasteiger partial charge in [0.2, 0.25) is 10.0 Å². The Morgan fingerprint density at radius 3 is 2.56 bits per heavy atom. The quantitative estimate of drug-likeness (QED) is 0.789. The van der Waals surface area contributed by atoms with Crippen LogP contribution < -0.4 is 0 Å². The summed E-state index contributed by atoms with van der Waals surface area (Å²) < 4.78 is 28.0. The molecule has 5 heteroatoms. The third kappa shape index (κ3) is 3.14. The fourth-order valence-corrected chi connectivity index (χ4v) is 5.57. The summed E-state index contributed by atoms with van der Waals surface area (Å²) in [6.07, 6.45) is 15.1. The minimum atomic E-state index is -3.47. The highest BCUT2D eigenvalue weighted by Crippen LogP contribution is 2.32. The summed E-state index contributed by atoms with van der Waals surface area (Å²) in [6, 6.07) is 7.18. The molecule has 0 radical (unpaired) electrons. The van der Waals surface area contributed by atoms with Crippen LogP contribution in [0.1, 0.15) is 19.3 Å². The van der Waals surface area contributed by atoms with E-state index in [1.165, 1.54) is 0 Å². The first-order valence-electron chi connectivity index (χ1n) is 8.82. The molecule has 1 aliphatic heterocycles. The van der Waals surface area contributed by atoms with E-state index in [-0.39, 0.29) is 0 Å². The van der Waals surface area contributed by atoms with E-state index in [9.17, 15) is 8.42 Å². The van der Waals surface area contributed by atoms with Crippen molar-refractivity contribution in [1.29, 1.82) is 0 Å². The van der Waals surface area contributed by atoms with Crippen molar-refractivity contribution in [2.45, 2.75) is 24.2 Å². The molecule has 4 nitrogen and oxygen atoms in total. The topological polar surface area (TPSA) is 50.3 Å². The molecule has 1 aromatic carbocycles. The minimum Gasteiger partial charge on any atom is -0.264 e. The van der Waals surface area contributed by atoms with Gasteiger partial charge in [-0.15, -0.1) is 0 Å². The van der Waals surface area contributed by atoms with Gasteiger partial charge in [-0.3, -0.25) is 4.98 Å². The molecule has 1 saturated heterocycles. The lowest BCUT2D eigenvalue weighted by Gasteiger charge is -2.34. The molecule has 0 N–H and O–H groups in total. The van der Waals surface area contributed by atoms with Crippen molar-refractivity contribution >= 4 is 20.8 Å². The number of hydrogen-bond acceptors (Lipinski definition) is 3. The number of hydrogen-bond donors (Lipinski definition) is 0. The number of benzene rings is 1. The van der Waals surface area contributed by atoms with Gasteiger partial charge in [0.25, 0.3) is 0 Å². The van der Waals surface area contributed by atoms with Crippen LogP contribution in [0.5, 0.6) is 0 Å². The third-order valence-electron chi connectivity index (χ3n) is 5.29. The zero-order chi connectivity index (χ0) is 17.3. The van der Waals surface area contributed by atoms with Gasteiger partial charge in [-0.1, -0.05) is 36.4 Å². The predicted molar refractivity (Wildman–Crippen MR) is 99.6 cm³/mol. The molecule has 0 spiro atoms. The summed E-state index contributed by atoms with van der Waals surface area (Å²) in [4.78, 5) is 4.48. The van der Waals surface area contributed by atoms with Gasteiger partial charge in [-0.25, -0.2) is 8.42 Å². The van der Waals surface area contributed by atoms with Gasteiger partial charge in [0.1, 0.15) is 0 Å². The standard InChI is InChI=1S/C20H22N2O2S/c23-25(24,20-8-4-7-18-15-21-12-9-19(18)20)22-13-10-17(11-14-22)16-5-2-1-3-6-16/h2-9,12,15-17H,1,10-11,13-14H2. The molecule has 0 atom stereocenters. The van der Waals surface area contributed by atoms with Crippen LogP contribution >= 0.6 is 0 Å². The molecule has 4 rings (SSSR count). The summed E-state index contributed by atoms with van der Waals surface area (Å²) in [7, 11) is -3.47. The number of piperidine rings is 1. The van der Waals surface area contributed by atoms with Gasteiger partial charge in [0.15, 0.2) is 0 Å². The predicted octanol–water partition coefficient (Wildman–Crippen LogP) is 3.77. The van der Waals surface area contributed by atoms with Crippen molar-refractivity contribution in [3.05, 3.63) is 61.0 Å². The Bertz CT molecular complexity index is 908. The number of sulfonamides is 1. The van der Waals surface area contributed by atoms with Gasteiger partial charge >= 0.3 is 0 Å².